The summed E-state index contributed by atoms with van der Waals surface area (Å²) in [6.45, 7) is 2.24. The van der Waals surface area contributed by atoms with Gasteiger partial charge in [0.15, 0.2) is 0 Å². The van der Waals surface area contributed by atoms with Gasteiger partial charge >= 0.3 is 0 Å². The highest BCUT2D eigenvalue weighted by Crippen LogP contribution is 2.36. The first-order chi connectivity index (χ1) is 10.8. The molecule has 0 saturated carbocycles. The number of thiol groups is 1. The van der Waals surface area contributed by atoms with Crippen LogP contribution in [0.3, 0.4) is 0 Å². The average molecular weight is 314 g/mol. The molecular weight excluding hydrogens is 286 g/mol. The van der Waals surface area contributed by atoms with Crippen LogP contribution in [0.5, 0.6) is 0 Å². The van der Waals surface area contributed by atoms with Crippen molar-refractivity contribution in [1.82, 2.24) is 0 Å². The van der Waals surface area contributed by atoms with E-state index >= 15 is 0 Å². The molecule has 0 unspecified atom stereocenters. The molecule has 3 rings (SSSR count). The van der Waals surface area contributed by atoms with Gasteiger partial charge in [0, 0.05) is 5.69 Å². The number of unbranched alkanes of at least 4 members (excludes halogenated alkanes) is 4. The van der Waals surface area contributed by atoms with Crippen LogP contribution in [0, 0.1) is 0 Å². The van der Waals surface area contributed by atoms with Crippen molar-refractivity contribution >= 4 is 18.3 Å². The Morgan fingerprint density at radius 2 is 1.64 bits per heavy atom. The second kappa shape index (κ2) is 8.89. The Morgan fingerprint density at radius 1 is 0.909 bits per heavy atom. The highest BCUT2D eigenvalue weighted by Gasteiger charge is 2.16. The summed E-state index contributed by atoms with van der Waals surface area (Å²) in [4.78, 5) is 0. The molecule has 22 heavy (non-hydrogen) atoms. The molecule has 0 bridgehead atoms. The molecule has 118 valence electrons. The summed E-state index contributed by atoms with van der Waals surface area (Å²) in [5.41, 5.74) is 12.1. The summed E-state index contributed by atoms with van der Waals surface area (Å²) in [7, 11) is 0. The third-order valence-corrected chi connectivity index (χ3v) is 4.40. The number of hydrogen-bond acceptors (Lipinski definition) is 2. The summed E-state index contributed by atoms with van der Waals surface area (Å²) in [5, 5.41) is 0. The minimum atomic E-state index is 0.858. The van der Waals surface area contributed by atoms with E-state index in [4.69, 9.17) is 5.73 Å². The Hall–Kier alpha value is -1.41. The molecule has 0 saturated heterocycles. The molecule has 0 aromatic heterocycles. The van der Waals surface area contributed by atoms with Crippen LogP contribution in [0.15, 0.2) is 42.5 Å². The lowest BCUT2D eigenvalue weighted by Gasteiger charge is -2.00. The number of rotatable bonds is 5. The number of fused-ring (bicyclic) bond motifs is 3. The molecule has 0 radical (unpaired) electrons. The van der Waals surface area contributed by atoms with E-state index in [2.05, 4.69) is 56.0 Å². The van der Waals surface area contributed by atoms with Crippen LogP contribution >= 0.6 is 12.6 Å². The number of hydrogen-bond donors (Lipinski definition) is 2. The van der Waals surface area contributed by atoms with Gasteiger partial charge in [-0.2, -0.15) is 12.6 Å². The number of nitrogens with two attached hydrogens (primary N) is 1. The van der Waals surface area contributed by atoms with Crippen LogP contribution in [0.1, 0.15) is 50.2 Å². The minimum Gasteiger partial charge on any atom is -0.399 e. The maximum Gasteiger partial charge on any atom is 0.0317 e. The maximum atomic E-state index is 5.77. The van der Waals surface area contributed by atoms with Crippen molar-refractivity contribution in [2.24, 2.45) is 0 Å². The van der Waals surface area contributed by atoms with Crippen LogP contribution in [0.25, 0.3) is 11.1 Å². The molecule has 0 fully saturated rings. The van der Waals surface area contributed by atoms with Crippen LogP contribution in [-0.4, -0.2) is 5.75 Å². The highest BCUT2D eigenvalue weighted by atomic mass is 32.1. The SMILES string of the molecule is CCCCCCCS.Nc1ccc2c(c1)Cc1ccccc1-2. The first-order valence-electron chi connectivity index (χ1n) is 8.33. The summed E-state index contributed by atoms with van der Waals surface area (Å²) in [6.07, 6.45) is 7.83. The molecule has 1 nitrogen and oxygen atoms in total. The first kappa shape index (κ1) is 17.0. The minimum absolute atomic E-state index is 0.858. The van der Waals surface area contributed by atoms with Gasteiger partial charge in [-0.15, -0.1) is 0 Å². The molecule has 1 aliphatic carbocycles. The van der Waals surface area contributed by atoms with E-state index in [-0.39, 0.29) is 0 Å². The zero-order chi connectivity index (χ0) is 15.8. The van der Waals surface area contributed by atoms with Gasteiger partial charge in [0.05, 0.1) is 0 Å². The van der Waals surface area contributed by atoms with Crippen molar-refractivity contribution in [1.29, 1.82) is 0 Å². The largest absolute Gasteiger partial charge is 0.399 e. The van der Waals surface area contributed by atoms with Crippen LogP contribution in [0.4, 0.5) is 5.69 Å². The quantitative estimate of drug-likeness (QED) is 0.351. The van der Waals surface area contributed by atoms with E-state index in [1.54, 1.807) is 0 Å². The van der Waals surface area contributed by atoms with Gasteiger partial charge in [-0.1, -0.05) is 62.9 Å². The lowest BCUT2D eigenvalue weighted by molar-refractivity contribution is 0.660. The van der Waals surface area contributed by atoms with Crippen molar-refractivity contribution in [2.45, 2.75) is 45.4 Å². The van der Waals surface area contributed by atoms with Crippen molar-refractivity contribution in [3.05, 3.63) is 53.6 Å². The second-order valence-electron chi connectivity index (χ2n) is 5.89. The topological polar surface area (TPSA) is 26.0 Å². The van der Waals surface area contributed by atoms with E-state index in [0.29, 0.717) is 0 Å². The Morgan fingerprint density at radius 3 is 2.41 bits per heavy atom. The Kier molecular flexibility index (Phi) is 6.85. The highest BCUT2D eigenvalue weighted by molar-refractivity contribution is 7.80. The molecule has 0 heterocycles. The summed E-state index contributed by atoms with van der Waals surface area (Å²) >= 11 is 4.12. The molecule has 2 N–H and O–H groups in total. The molecular formula is C20H27NS. The van der Waals surface area contributed by atoms with E-state index < -0.39 is 0 Å². The molecule has 0 spiro atoms. The Labute approximate surface area is 140 Å². The van der Waals surface area contributed by atoms with Crippen molar-refractivity contribution in [3.63, 3.8) is 0 Å². The summed E-state index contributed by atoms with van der Waals surface area (Å²) < 4.78 is 0. The molecule has 1 aliphatic rings. The third-order valence-electron chi connectivity index (χ3n) is 4.08. The van der Waals surface area contributed by atoms with E-state index in [9.17, 15) is 0 Å². The van der Waals surface area contributed by atoms with Gasteiger partial charge in [0.1, 0.15) is 0 Å². The predicted molar refractivity (Wildman–Crippen MR) is 102 cm³/mol. The van der Waals surface area contributed by atoms with Crippen LogP contribution in [0.2, 0.25) is 0 Å². The lowest BCUT2D eigenvalue weighted by Crippen LogP contribution is -1.86. The van der Waals surface area contributed by atoms with E-state index in [1.165, 1.54) is 54.4 Å². The number of benzene rings is 2. The zero-order valence-electron chi connectivity index (χ0n) is 13.5. The number of nitrogen functional groups attached to an aromatic ring is 1. The first-order valence-corrected chi connectivity index (χ1v) is 8.97. The van der Waals surface area contributed by atoms with Gasteiger partial charge in [-0.3, -0.25) is 0 Å². The van der Waals surface area contributed by atoms with Crippen LogP contribution < -0.4 is 5.73 Å². The van der Waals surface area contributed by atoms with Crippen molar-refractivity contribution < 1.29 is 0 Å². The Balaban J connectivity index is 0.000000192. The average Bonchev–Trinajstić information content (AvgIpc) is 2.89. The van der Waals surface area contributed by atoms with E-state index in [0.717, 1.165) is 17.9 Å². The molecule has 2 heteroatoms. The van der Waals surface area contributed by atoms with Crippen molar-refractivity contribution in [3.8, 4) is 11.1 Å². The predicted octanol–water partition coefficient (Wildman–Crippen LogP) is 5.73. The fourth-order valence-electron chi connectivity index (χ4n) is 2.88. The molecule has 2 aromatic rings. The fourth-order valence-corrected chi connectivity index (χ4v) is 3.10. The van der Waals surface area contributed by atoms with Gasteiger partial charge in [0.25, 0.3) is 0 Å². The van der Waals surface area contributed by atoms with E-state index in [1.807, 2.05) is 6.07 Å². The van der Waals surface area contributed by atoms with Gasteiger partial charge < -0.3 is 5.73 Å². The Bertz CT molecular complexity index is 586. The van der Waals surface area contributed by atoms with Crippen LogP contribution in [-0.2, 0) is 6.42 Å². The van der Waals surface area contributed by atoms with Crippen molar-refractivity contribution in [2.75, 3.05) is 11.5 Å². The smallest absolute Gasteiger partial charge is 0.0317 e. The third kappa shape index (κ3) is 4.54. The maximum absolute atomic E-state index is 5.77. The zero-order valence-corrected chi connectivity index (χ0v) is 14.4. The van der Waals surface area contributed by atoms with Gasteiger partial charge in [-0.25, -0.2) is 0 Å². The summed E-state index contributed by atoms with van der Waals surface area (Å²) in [6, 6.07) is 14.7. The lowest BCUT2D eigenvalue weighted by atomic mass is 10.1. The fraction of sp³-hybridized carbons (Fsp3) is 0.400. The molecule has 0 aliphatic heterocycles. The number of anilines is 1. The monoisotopic (exact) mass is 313 g/mol. The van der Waals surface area contributed by atoms with Gasteiger partial charge in [0.2, 0.25) is 0 Å². The van der Waals surface area contributed by atoms with Gasteiger partial charge in [-0.05, 0) is 53.0 Å². The summed E-state index contributed by atoms with van der Waals surface area (Å²) in [5.74, 6) is 1.06. The standard InChI is InChI=1S/C13H11N.C7H16S/c14-11-5-6-13-10(8-11)7-9-3-1-2-4-12(9)13;1-2-3-4-5-6-7-8/h1-6,8H,7,14H2;8H,2-7H2,1H3. The molecule has 0 atom stereocenters. The molecule has 0 amide bonds. The molecule has 2 aromatic carbocycles. The normalized spacial score (nSPS) is 11.4. The second-order valence-corrected chi connectivity index (χ2v) is 6.34.